The smallest absolute Gasteiger partial charge is 0.00772 e. The van der Waals surface area contributed by atoms with Crippen molar-refractivity contribution in [3.8, 4) is 0 Å². The molecule has 0 aromatic carbocycles. The topological polar surface area (TPSA) is 48.1 Å². The Morgan fingerprint density at radius 3 is 1.20 bits per heavy atom. The van der Waals surface area contributed by atoms with Crippen LogP contribution in [0.5, 0.6) is 0 Å². The Hall–Kier alpha value is -0.160. The van der Waals surface area contributed by atoms with Crippen LogP contribution in [-0.4, -0.2) is 52.4 Å². The zero-order valence-corrected chi connectivity index (χ0v) is 9.78. The molecule has 0 aromatic rings. The summed E-state index contributed by atoms with van der Waals surface area (Å²) in [4.78, 5) is 0. The van der Waals surface area contributed by atoms with Crippen LogP contribution in [0.25, 0.3) is 0 Å². The Bertz CT molecular complexity index is 71.2. The van der Waals surface area contributed by atoms with Gasteiger partial charge in [0.25, 0.3) is 0 Å². The van der Waals surface area contributed by atoms with E-state index < -0.39 is 0 Å². The second kappa shape index (κ2) is 10.4. The van der Waals surface area contributed by atoms with Crippen LogP contribution in [0.15, 0.2) is 0 Å². The number of nitrogens with one attached hydrogen (secondary N) is 4. The molecule has 0 saturated carbocycles. The summed E-state index contributed by atoms with van der Waals surface area (Å²) in [7, 11) is 0. The molecule has 0 radical (unpaired) electrons. The number of rotatable bonds is 0. The zero-order chi connectivity index (χ0) is 10.6. The van der Waals surface area contributed by atoms with Gasteiger partial charge in [0.2, 0.25) is 0 Å². The lowest BCUT2D eigenvalue weighted by Gasteiger charge is -2.06. The minimum Gasteiger partial charge on any atom is -0.317 e. The third-order valence-electron chi connectivity index (χ3n) is 2.62. The van der Waals surface area contributed by atoms with Gasteiger partial charge in [0.1, 0.15) is 0 Å². The molecule has 4 N–H and O–H groups in total. The summed E-state index contributed by atoms with van der Waals surface area (Å²) in [6.45, 7) is 8.94. The molecule has 1 aliphatic rings. The van der Waals surface area contributed by atoms with Crippen molar-refractivity contribution in [1.29, 1.82) is 0 Å². The molecular weight excluding hydrogens is 188 g/mol. The molecule has 1 aliphatic heterocycles. The quantitative estimate of drug-likeness (QED) is 0.440. The Labute approximate surface area is 93.6 Å². The average Bonchev–Trinajstić information content (AvgIpc) is 2.27. The van der Waals surface area contributed by atoms with Crippen molar-refractivity contribution in [3.05, 3.63) is 0 Å². The monoisotopic (exact) mass is 214 g/mol. The molecule has 0 amide bonds. The van der Waals surface area contributed by atoms with Gasteiger partial charge >= 0.3 is 0 Å². The van der Waals surface area contributed by atoms with Crippen LogP contribution in [0.2, 0.25) is 0 Å². The third kappa shape index (κ3) is 8.81. The summed E-state index contributed by atoms with van der Waals surface area (Å²) in [6, 6.07) is 0. The van der Waals surface area contributed by atoms with Gasteiger partial charge in [0.15, 0.2) is 0 Å². The minimum absolute atomic E-state index is 1.08. The van der Waals surface area contributed by atoms with Crippen LogP contribution in [0.3, 0.4) is 0 Å². The van der Waals surface area contributed by atoms with Crippen molar-refractivity contribution in [2.45, 2.75) is 19.3 Å². The predicted molar refractivity (Wildman–Crippen MR) is 65.3 cm³/mol. The lowest BCUT2D eigenvalue weighted by Crippen LogP contribution is -2.33. The van der Waals surface area contributed by atoms with Crippen LogP contribution >= 0.6 is 0 Å². The first-order chi connectivity index (χ1) is 7.50. The van der Waals surface area contributed by atoms with Crippen molar-refractivity contribution in [3.63, 3.8) is 0 Å². The molecule has 0 aromatic heterocycles. The zero-order valence-electron chi connectivity index (χ0n) is 9.78. The first kappa shape index (κ1) is 12.9. The van der Waals surface area contributed by atoms with E-state index in [9.17, 15) is 0 Å². The fraction of sp³-hybridized carbons (Fsp3) is 1.00. The van der Waals surface area contributed by atoms with Crippen LogP contribution < -0.4 is 21.3 Å². The molecule has 0 spiro atoms. The molecule has 4 nitrogen and oxygen atoms in total. The Morgan fingerprint density at radius 1 is 0.333 bits per heavy atom. The highest BCUT2D eigenvalue weighted by atomic mass is 15.0. The highest BCUT2D eigenvalue weighted by molar-refractivity contribution is 4.58. The fourth-order valence-corrected chi connectivity index (χ4v) is 1.69. The molecule has 1 saturated heterocycles. The van der Waals surface area contributed by atoms with Crippen molar-refractivity contribution < 1.29 is 0 Å². The summed E-state index contributed by atoms with van der Waals surface area (Å²) in [5.74, 6) is 0. The van der Waals surface area contributed by atoms with E-state index in [1.165, 1.54) is 25.8 Å². The van der Waals surface area contributed by atoms with E-state index in [-0.39, 0.29) is 0 Å². The summed E-state index contributed by atoms with van der Waals surface area (Å²) >= 11 is 0. The summed E-state index contributed by atoms with van der Waals surface area (Å²) in [6.07, 6.45) is 3.80. The molecule has 0 bridgehead atoms. The number of hydrogen-bond acceptors (Lipinski definition) is 4. The largest absolute Gasteiger partial charge is 0.317 e. The molecule has 1 rings (SSSR count). The summed E-state index contributed by atoms with van der Waals surface area (Å²) in [5, 5.41) is 13.8. The normalized spacial score (nSPS) is 24.0. The molecule has 15 heavy (non-hydrogen) atoms. The van der Waals surface area contributed by atoms with E-state index in [0.29, 0.717) is 0 Å². The highest BCUT2D eigenvalue weighted by Crippen LogP contribution is 1.84. The molecular formula is C11H26N4. The molecule has 0 aliphatic carbocycles. The van der Waals surface area contributed by atoms with Gasteiger partial charge in [0.05, 0.1) is 0 Å². The predicted octanol–water partition coefficient (Wildman–Crippen LogP) is -0.471. The molecule has 1 fully saturated rings. The minimum atomic E-state index is 1.08. The van der Waals surface area contributed by atoms with Gasteiger partial charge in [-0.3, -0.25) is 0 Å². The van der Waals surface area contributed by atoms with Gasteiger partial charge in [-0.2, -0.15) is 0 Å². The molecule has 0 unspecified atom stereocenters. The molecule has 0 atom stereocenters. The Morgan fingerprint density at radius 2 is 0.667 bits per heavy atom. The van der Waals surface area contributed by atoms with Crippen molar-refractivity contribution in [2.75, 3.05) is 52.4 Å². The average molecular weight is 214 g/mol. The Kier molecular flexibility index (Phi) is 8.92. The standard InChI is InChI=1S/C11H26N4/c1-2-5-13-8-10-15-11-9-14-7-3-6-12-4-1/h12-15H,1-11H2. The van der Waals surface area contributed by atoms with Crippen LogP contribution in [0.1, 0.15) is 19.3 Å². The Balaban J connectivity index is 2.01. The maximum atomic E-state index is 3.47. The second-order valence-electron chi connectivity index (χ2n) is 4.06. The van der Waals surface area contributed by atoms with Gasteiger partial charge in [-0.1, -0.05) is 0 Å². The van der Waals surface area contributed by atoms with Crippen LogP contribution in [-0.2, 0) is 0 Å². The molecule has 1 heterocycles. The second-order valence-corrected chi connectivity index (χ2v) is 4.06. The van der Waals surface area contributed by atoms with Gasteiger partial charge < -0.3 is 21.3 Å². The SMILES string of the molecule is C1CCNCCNCCNCCCNC1. The summed E-state index contributed by atoms with van der Waals surface area (Å²) < 4.78 is 0. The van der Waals surface area contributed by atoms with Crippen molar-refractivity contribution in [1.82, 2.24) is 21.3 Å². The fourth-order valence-electron chi connectivity index (χ4n) is 1.69. The van der Waals surface area contributed by atoms with E-state index in [2.05, 4.69) is 21.3 Å². The van der Waals surface area contributed by atoms with Gasteiger partial charge in [-0.15, -0.1) is 0 Å². The maximum Gasteiger partial charge on any atom is 0.00772 e. The van der Waals surface area contributed by atoms with Crippen LogP contribution in [0, 0.1) is 0 Å². The van der Waals surface area contributed by atoms with Crippen molar-refractivity contribution >= 4 is 0 Å². The number of hydrogen-bond donors (Lipinski definition) is 4. The van der Waals surface area contributed by atoms with Crippen LogP contribution in [0.4, 0.5) is 0 Å². The lowest BCUT2D eigenvalue weighted by molar-refractivity contribution is 0.570. The molecule has 90 valence electrons. The highest BCUT2D eigenvalue weighted by Gasteiger charge is 1.93. The molecule has 4 heteroatoms. The first-order valence-corrected chi connectivity index (χ1v) is 6.33. The lowest BCUT2D eigenvalue weighted by atomic mass is 10.3. The van der Waals surface area contributed by atoms with Gasteiger partial charge in [-0.05, 0) is 45.4 Å². The first-order valence-electron chi connectivity index (χ1n) is 6.33. The maximum absolute atomic E-state index is 3.47. The van der Waals surface area contributed by atoms with Gasteiger partial charge in [-0.25, -0.2) is 0 Å². The van der Waals surface area contributed by atoms with E-state index in [1.807, 2.05) is 0 Å². The van der Waals surface area contributed by atoms with Gasteiger partial charge in [0, 0.05) is 26.2 Å². The summed E-state index contributed by atoms with van der Waals surface area (Å²) in [5.41, 5.74) is 0. The van der Waals surface area contributed by atoms with E-state index in [1.54, 1.807) is 0 Å². The van der Waals surface area contributed by atoms with E-state index in [4.69, 9.17) is 0 Å². The third-order valence-corrected chi connectivity index (χ3v) is 2.62. The van der Waals surface area contributed by atoms with E-state index in [0.717, 1.165) is 45.8 Å². The van der Waals surface area contributed by atoms with Crippen molar-refractivity contribution in [2.24, 2.45) is 0 Å². The van der Waals surface area contributed by atoms with E-state index >= 15 is 0 Å².